The Morgan fingerprint density at radius 3 is 2.23 bits per heavy atom. The van der Waals surface area contributed by atoms with Gasteiger partial charge in [-0.25, -0.2) is 13.2 Å². The van der Waals surface area contributed by atoms with E-state index in [4.69, 9.17) is 4.74 Å². The fourth-order valence-electron chi connectivity index (χ4n) is 3.02. The van der Waals surface area contributed by atoms with Crippen LogP contribution in [0, 0.1) is 31.3 Å². The molecule has 0 unspecified atom stereocenters. The zero-order chi connectivity index (χ0) is 23.3. The third-order valence-electron chi connectivity index (χ3n) is 4.51. The SMILES string of the molecule is C=Cc1c(OCc2ccc(C)cc2F)c(Br)c(=O)n(-c2c(F)cccc2F)c1C.CC. The minimum atomic E-state index is -0.882. The Morgan fingerprint density at radius 2 is 1.68 bits per heavy atom. The van der Waals surface area contributed by atoms with Gasteiger partial charge in [-0.05, 0) is 53.5 Å². The molecule has 0 spiro atoms. The summed E-state index contributed by atoms with van der Waals surface area (Å²) in [6.45, 7) is 10.9. The van der Waals surface area contributed by atoms with Crippen molar-refractivity contribution in [1.29, 1.82) is 0 Å². The summed E-state index contributed by atoms with van der Waals surface area (Å²) in [5.74, 6) is -2.07. The molecular formula is C24H23BrF3NO2. The molecule has 0 saturated carbocycles. The van der Waals surface area contributed by atoms with Crippen LogP contribution in [0.15, 0.2) is 52.2 Å². The summed E-state index contributed by atoms with van der Waals surface area (Å²) >= 11 is 3.16. The molecule has 3 rings (SSSR count). The van der Waals surface area contributed by atoms with Gasteiger partial charge in [0.05, 0.1) is 0 Å². The first kappa shape index (κ1) is 24.5. The molecule has 0 aliphatic carbocycles. The summed E-state index contributed by atoms with van der Waals surface area (Å²) in [4.78, 5) is 12.9. The Bertz CT molecular complexity index is 1150. The number of benzene rings is 2. The smallest absolute Gasteiger partial charge is 0.273 e. The van der Waals surface area contributed by atoms with Crippen LogP contribution >= 0.6 is 15.9 Å². The lowest BCUT2D eigenvalue weighted by Gasteiger charge is -2.19. The van der Waals surface area contributed by atoms with Crippen molar-refractivity contribution in [2.45, 2.75) is 34.3 Å². The van der Waals surface area contributed by atoms with Crippen molar-refractivity contribution < 1.29 is 17.9 Å². The number of hydrogen-bond donors (Lipinski definition) is 0. The normalized spacial score (nSPS) is 10.3. The highest BCUT2D eigenvalue weighted by Crippen LogP contribution is 2.32. The van der Waals surface area contributed by atoms with Gasteiger partial charge in [0, 0.05) is 16.8 Å². The van der Waals surface area contributed by atoms with Gasteiger partial charge in [-0.15, -0.1) is 0 Å². The van der Waals surface area contributed by atoms with Gasteiger partial charge in [0.15, 0.2) is 0 Å². The average molecular weight is 494 g/mol. The number of rotatable bonds is 5. The molecule has 0 aliphatic heterocycles. The van der Waals surface area contributed by atoms with Crippen molar-refractivity contribution in [2.24, 2.45) is 0 Å². The van der Waals surface area contributed by atoms with Crippen LogP contribution in [-0.4, -0.2) is 4.57 Å². The standard InChI is InChI=1S/C22H17BrF3NO2.C2H6/c1-4-15-13(3)27(20-16(24)6-5-7-17(20)25)22(28)19(23)21(15)29-11-14-9-8-12(2)10-18(14)26;1-2/h4-10H,1,11H2,2-3H3;1-2H3. The molecule has 0 saturated heterocycles. The molecule has 0 fully saturated rings. The van der Waals surface area contributed by atoms with Crippen molar-refractivity contribution in [3.8, 4) is 11.4 Å². The number of ether oxygens (including phenoxy) is 1. The highest BCUT2D eigenvalue weighted by Gasteiger charge is 2.22. The van der Waals surface area contributed by atoms with Gasteiger partial charge in [-0.2, -0.15) is 0 Å². The van der Waals surface area contributed by atoms with E-state index in [1.807, 2.05) is 13.8 Å². The van der Waals surface area contributed by atoms with Gasteiger partial charge in [0.25, 0.3) is 5.56 Å². The molecule has 7 heteroatoms. The summed E-state index contributed by atoms with van der Waals surface area (Å²) in [5.41, 5.74) is 0.457. The third-order valence-corrected chi connectivity index (χ3v) is 5.21. The molecule has 0 N–H and O–H groups in total. The Kier molecular flexibility index (Phi) is 8.28. The predicted octanol–water partition coefficient (Wildman–Crippen LogP) is 6.88. The molecular weight excluding hydrogens is 471 g/mol. The summed E-state index contributed by atoms with van der Waals surface area (Å²) in [7, 11) is 0. The largest absolute Gasteiger partial charge is 0.487 e. The predicted molar refractivity (Wildman–Crippen MR) is 121 cm³/mol. The van der Waals surface area contributed by atoms with Crippen LogP contribution in [0.5, 0.6) is 5.75 Å². The van der Waals surface area contributed by atoms with Gasteiger partial charge in [-0.1, -0.05) is 44.7 Å². The quantitative estimate of drug-likeness (QED) is 0.387. The van der Waals surface area contributed by atoms with E-state index in [0.717, 1.165) is 22.3 Å². The second kappa shape index (κ2) is 10.5. The zero-order valence-electron chi connectivity index (χ0n) is 17.7. The van der Waals surface area contributed by atoms with Crippen molar-refractivity contribution in [3.05, 3.63) is 97.6 Å². The van der Waals surface area contributed by atoms with E-state index in [1.54, 1.807) is 19.1 Å². The number of para-hydroxylation sites is 1. The van der Waals surface area contributed by atoms with E-state index in [1.165, 1.54) is 25.1 Å². The van der Waals surface area contributed by atoms with Crippen molar-refractivity contribution >= 4 is 22.0 Å². The summed E-state index contributed by atoms with van der Waals surface area (Å²) in [5, 5.41) is 0. The second-order valence-corrected chi connectivity index (χ2v) is 7.23. The van der Waals surface area contributed by atoms with E-state index < -0.39 is 28.7 Å². The van der Waals surface area contributed by atoms with Crippen LogP contribution in [0.2, 0.25) is 0 Å². The number of halogens is 4. The Balaban J connectivity index is 0.00000166. The van der Waals surface area contributed by atoms with Gasteiger partial charge in [-0.3, -0.25) is 9.36 Å². The van der Waals surface area contributed by atoms with Crippen LogP contribution < -0.4 is 10.3 Å². The lowest BCUT2D eigenvalue weighted by molar-refractivity contribution is 0.296. The Hall–Kier alpha value is -2.80. The van der Waals surface area contributed by atoms with Crippen molar-refractivity contribution in [2.75, 3.05) is 0 Å². The minimum absolute atomic E-state index is 0.0480. The van der Waals surface area contributed by atoms with Crippen molar-refractivity contribution in [3.63, 3.8) is 0 Å². The van der Waals surface area contributed by atoms with Crippen molar-refractivity contribution in [1.82, 2.24) is 4.57 Å². The third kappa shape index (κ3) is 4.93. The first-order valence-electron chi connectivity index (χ1n) is 9.66. The average Bonchev–Trinajstić information content (AvgIpc) is 2.74. The molecule has 0 bridgehead atoms. The molecule has 1 aromatic heterocycles. The Labute approximate surface area is 187 Å². The number of hydrogen-bond acceptors (Lipinski definition) is 2. The van der Waals surface area contributed by atoms with E-state index in [0.29, 0.717) is 11.1 Å². The van der Waals surface area contributed by atoms with E-state index in [2.05, 4.69) is 22.5 Å². The molecule has 0 aliphatic rings. The van der Waals surface area contributed by atoms with E-state index in [9.17, 15) is 18.0 Å². The molecule has 0 atom stereocenters. The molecule has 1 heterocycles. The maximum absolute atomic E-state index is 14.3. The first-order valence-corrected chi connectivity index (χ1v) is 10.4. The molecule has 3 aromatic rings. The molecule has 2 aromatic carbocycles. The van der Waals surface area contributed by atoms with Crippen LogP contribution in [0.1, 0.15) is 36.2 Å². The van der Waals surface area contributed by atoms with Crippen LogP contribution in [0.25, 0.3) is 11.8 Å². The molecule has 3 nitrogen and oxygen atoms in total. The van der Waals surface area contributed by atoms with E-state index in [-0.39, 0.29) is 22.5 Å². The number of aromatic nitrogens is 1. The fraction of sp³-hybridized carbons (Fsp3) is 0.208. The van der Waals surface area contributed by atoms with E-state index >= 15 is 0 Å². The zero-order valence-corrected chi connectivity index (χ0v) is 19.3. The lowest BCUT2D eigenvalue weighted by atomic mass is 10.1. The summed E-state index contributed by atoms with van der Waals surface area (Å²) in [6, 6.07) is 8.06. The molecule has 164 valence electrons. The minimum Gasteiger partial charge on any atom is -0.487 e. The molecule has 31 heavy (non-hydrogen) atoms. The van der Waals surface area contributed by atoms with Gasteiger partial charge in [0.2, 0.25) is 0 Å². The van der Waals surface area contributed by atoms with Crippen LogP contribution in [-0.2, 0) is 6.61 Å². The second-order valence-electron chi connectivity index (χ2n) is 6.44. The van der Waals surface area contributed by atoms with Crippen LogP contribution in [0.3, 0.4) is 0 Å². The number of aryl methyl sites for hydroxylation is 1. The maximum Gasteiger partial charge on any atom is 0.273 e. The molecule has 0 amide bonds. The fourth-order valence-corrected chi connectivity index (χ4v) is 3.53. The molecule has 0 radical (unpaired) electrons. The van der Waals surface area contributed by atoms with Crippen LogP contribution in [0.4, 0.5) is 13.2 Å². The highest BCUT2D eigenvalue weighted by atomic mass is 79.9. The Morgan fingerprint density at radius 1 is 1.06 bits per heavy atom. The summed E-state index contributed by atoms with van der Waals surface area (Å²) < 4.78 is 49.3. The van der Waals surface area contributed by atoms with Gasteiger partial charge < -0.3 is 4.74 Å². The summed E-state index contributed by atoms with van der Waals surface area (Å²) in [6.07, 6.45) is 1.41. The van der Waals surface area contributed by atoms with Gasteiger partial charge >= 0.3 is 0 Å². The lowest BCUT2D eigenvalue weighted by Crippen LogP contribution is -2.25. The maximum atomic E-state index is 14.3. The number of pyridine rings is 1. The first-order chi connectivity index (χ1) is 14.8. The van der Waals surface area contributed by atoms with Gasteiger partial charge in [0.1, 0.15) is 40.0 Å². The monoisotopic (exact) mass is 493 g/mol. The topological polar surface area (TPSA) is 31.2 Å². The number of nitrogens with zero attached hydrogens (tertiary/aromatic N) is 1. The highest BCUT2D eigenvalue weighted by molar-refractivity contribution is 9.10.